The maximum Gasteiger partial charge on any atom is 0 e. The van der Waals surface area contributed by atoms with E-state index in [0.29, 0.717) is 0 Å². The first-order chi connectivity index (χ1) is 0. The summed E-state index contributed by atoms with van der Waals surface area (Å²) in [6.07, 6.45) is 0. The molecule has 0 aliphatic rings. The summed E-state index contributed by atoms with van der Waals surface area (Å²) >= 11 is 0. The van der Waals surface area contributed by atoms with Crippen molar-refractivity contribution < 1.29 is 0 Å². The van der Waals surface area contributed by atoms with E-state index in [9.17, 15) is 0 Å². The summed E-state index contributed by atoms with van der Waals surface area (Å²) in [5.41, 5.74) is 0. The van der Waals surface area contributed by atoms with E-state index in [0.717, 1.165) is 0 Å². The average molecular weight is 634 g/mol. The van der Waals surface area contributed by atoms with Crippen LogP contribution in [-0.4, -0.2) is 97.5 Å². The third kappa shape index (κ3) is 8.98. The number of hydrogen-bond acceptors (Lipinski definition) is 0. The first kappa shape index (κ1) is 26.8. The monoisotopic (exact) mass is 634 g/mol. The molecule has 0 heterocycles. The summed E-state index contributed by atoms with van der Waals surface area (Å²) in [6, 6.07) is 0. The molecular formula is Bi3Li. The van der Waals surface area contributed by atoms with E-state index in [4.69, 9.17) is 0 Å². The van der Waals surface area contributed by atoms with Gasteiger partial charge in [0.1, 0.15) is 0 Å². The topological polar surface area (TPSA) is 0 Å². The van der Waals surface area contributed by atoms with Gasteiger partial charge in [-0.05, 0) is 0 Å². The third-order valence-electron chi connectivity index (χ3n) is 0. The Kier molecular flexibility index (Phi) is 109. The van der Waals surface area contributed by atoms with Crippen LogP contribution in [-0.2, 0) is 0 Å². The fraction of sp³-hybridized carbons (Fsp3) is 0. The van der Waals surface area contributed by atoms with Crippen molar-refractivity contribution in [2.75, 3.05) is 0 Å². The van der Waals surface area contributed by atoms with Crippen molar-refractivity contribution in [2.24, 2.45) is 0 Å². The molecule has 0 amide bonds. The quantitative estimate of drug-likeness (QED) is 0.285. The molecule has 4 heavy (non-hydrogen) atoms. The molecule has 0 spiro atoms. The summed E-state index contributed by atoms with van der Waals surface area (Å²) in [7, 11) is 0. The molecule has 0 saturated heterocycles. The second-order valence-corrected chi connectivity index (χ2v) is 0. The zero-order valence-electron chi connectivity index (χ0n) is 2.34. The van der Waals surface area contributed by atoms with Gasteiger partial charge in [0.15, 0.2) is 0 Å². The van der Waals surface area contributed by atoms with Crippen LogP contribution in [0.5, 0.6) is 0 Å². The van der Waals surface area contributed by atoms with Gasteiger partial charge in [-0.25, -0.2) is 0 Å². The summed E-state index contributed by atoms with van der Waals surface area (Å²) in [5.74, 6) is 0. The molecule has 0 aliphatic carbocycles. The van der Waals surface area contributed by atoms with E-state index < -0.39 is 0 Å². The smallest absolute Gasteiger partial charge is 0 e. The molecule has 0 atom stereocenters. The Bertz CT molecular complexity index is 3.25. The van der Waals surface area contributed by atoms with Gasteiger partial charge in [0.25, 0.3) is 0 Å². The van der Waals surface area contributed by atoms with Gasteiger partial charge in [0, 0.05) is 97.5 Å². The van der Waals surface area contributed by atoms with Crippen LogP contribution in [0.3, 0.4) is 0 Å². The fourth-order valence-electron chi connectivity index (χ4n) is 0. The Labute approximate surface area is 95.4 Å². The van der Waals surface area contributed by atoms with E-state index in [2.05, 4.69) is 0 Å². The van der Waals surface area contributed by atoms with Crippen molar-refractivity contribution in [3.8, 4) is 0 Å². The van der Waals surface area contributed by atoms with E-state index in [1.807, 2.05) is 0 Å². The van der Waals surface area contributed by atoms with E-state index >= 15 is 0 Å². The van der Waals surface area contributed by atoms with Gasteiger partial charge in [-0.1, -0.05) is 0 Å². The molecule has 0 aromatic carbocycles. The first-order valence-electron chi connectivity index (χ1n) is 0. The zero-order chi connectivity index (χ0) is 0. The SMILES string of the molecule is [Bi].[Bi].[Bi].[Li]. The molecule has 0 nitrogen and oxygen atoms in total. The van der Waals surface area contributed by atoms with Crippen molar-refractivity contribution in [3.05, 3.63) is 0 Å². The van der Waals surface area contributed by atoms with Gasteiger partial charge >= 0.3 is 0 Å². The van der Waals surface area contributed by atoms with E-state index in [-0.39, 0.29) is 97.5 Å². The van der Waals surface area contributed by atoms with Crippen molar-refractivity contribution in [2.45, 2.75) is 0 Å². The first-order valence-corrected chi connectivity index (χ1v) is 0. The molecule has 10 radical (unpaired) electrons. The van der Waals surface area contributed by atoms with Crippen LogP contribution in [0.4, 0.5) is 0 Å². The Balaban J connectivity index is 0. The fourth-order valence-corrected chi connectivity index (χ4v) is 0. The molecule has 16 valence electrons. The maximum absolute atomic E-state index is 0. The van der Waals surface area contributed by atoms with E-state index in [1.165, 1.54) is 0 Å². The standard InChI is InChI=1S/3Bi.Li. The van der Waals surface area contributed by atoms with Crippen LogP contribution in [0.25, 0.3) is 0 Å². The molecular weight excluding hydrogens is 634 g/mol. The minimum absolute atomic E-state index is 0. The number of rotatable bonds is 0. The second-order valence-electron chi connectivity index (χ2n) is 0. The Hall–Kier alpha value is 3.25. The van der Waals surface area contributed by atoms with Gasteiger partial charge < -0.3 is 0 Å². The van der Waals surface area contributed by atoms with Crippen LogP contribution in [0, 0.1) is 0 Å². The van der Waals surface area contributed by atoms with Crippen molar-refractivity contribution in [1.29, 1.82) is 0 Å². The van der Waals surface area contributed by atoms with Crippen LogP contribution >= 0.6 is 0 Å². The van der Waals surface area contributed by atoms with Crippen LogP contribution in [0.2, 0.25) is 0 Å². The van der Waals surface area contributed by atoms with Crippen LogP contribution in [0.15, 0.2) is 0 Å². The molecule has 0 fully saturated rings. The predicted octanol–water partition coefficient (Wildman–Crippen LogP) is -1.52. The molecule has 4 heteroatoms. The molecule has 0 N–H and O–H groups in total. The van der Waals surface area contributed by atoms with Crippen molar-refractivity contribution in [1.82, 2.24) is 0 Å². The van der Waals surface area contributed by atoms with Crippen LogP contribution in [0.1, 0.15) is 0 Å². The molecule has 0 bridgehead atoms. The predicted molar refractivity (Wildman–Crippen MR) is 23.0 cm³/mol. The molecule has 0 rings (SSSR count). The number of hydrogen-bond donors (Lipinski definition) is 0. The summed E-state index contributed by atoms with van der Waals surface area (Å²) in [5, 5.41) is 0. The third-order valence-corrected chi connectivity index (χ3v) is 0. The minimum atomic E-state index is 0. The normalized spacial score (nSPS) is 0. The average Bonchev–Trinajstić information content (AvgIpc) is 0. The molecule has 0 saturated carbocycles. The van der Waals surface area contributed by atoms with E-state index in [1.54, 1.807) is 0 Å². The minimum Gasteiger partial charge on any atom is 0 e. The summed E-state index contributed by atoms with van der Waals surface area (Å²) in [4.78, 5) is 0. The Morgan fingerprint density at radius 2 is 0.500 bits per heavy atom. The van der Waals surface area contributed by atoms with Crippen molar-refractivity contribution in [3.63, 3.8) is 0 Å². The largest absolute Gasteiger partial charge is 0 e. The van der Waals surface area contributed by atoms with Gasteiger partial charge in [0.2, 0.25) is 0 Å². The second kappa shape index (κ2) is 16.3. The maximum atomic E-state index is 0. The Morgan fingerprint density at radius 3 is 0.500 bits per heavy atom. The van der Waals surface area contributed by atoms with Gasteiger partial charge in [0.05, 0.1) is 0 Å². The Morgan fingerprint density at radius 1 is 0.500 bits per heavy atom. The molecule has 0 unspecified atom stereocenters. The van der Waals surface area contributed by atoms with Crippen molar-refractivity contribution >= 4 is 97.5 Å². The van der Waals surface area contributed by atoms with Gasteiger partial charge in [-0.2, -0.15) is 0 Å². The van der Waals surface area contributed by atoms with Gasteiger partial charge in [-0.15, -0.1) is 0 Å². The van der Waals surface area contributed by atoms with Gasteiger partial charge in [-0.3, -0.25) is 0 Å². The molecule has 0 aliphatic heterocycles. The zero-order valence-corrected chi connectivity index (χ0v) is 12.8. The van der Waals surface area contributed by atoms with Crippen LogP contribution < -0.4 is 0 Å². The molecule has 0 aromatic heterocycles. The summed E-state index contributed by atoms with van der Waals surface area (Å²) in [6.45, 7) is 0. The molecule has 0 aromatic rings. The summed E-state index contributed by atoms with van der Waals surface area (Å²) < 4.78 is 0.